The predicted octanol–water partition coefficient (Wildman–Crippen LogP) is 13.5. The van der Waals surface area contributed by atoms with Gasteiger partial charge in [-0.05, 0) is 53.9 Å². The molecule has 0 N–H and O–H groups in total. The van der Waals surface area contributed by atoms with Gasteiger partial charge in [0.25, 0.3) is 0 Å². The van der Waals surface area contributed by atoms with Crippen molar-refractivity contribution >= 4 is 104 Å². The highest BCUT2D eigenvalue weighted by molar-refractivity contribution is 7.22. The monoisotopic (exact) mass is 658 g/mol. The smallest absolute Gasteiger partial charge is 0.143 e. The van der Waals surface area contributed by atoms with Gasteiger partial charge in [-0.2, -0.15) is 0 Å². The van der Waals surface area contributed by atoms with E-state index in [1.807, 2.05) is 30.3 Å². The summed E-state index contributed by atoms with van der Waals surface area (Å²) in [5.74, 6) is 0. The van der Waals surface area contributed by atoms with Gasteiger partial charge in [0.1, 0.15) is 27.3 Å². The number of aromatic nitrogens is 1. The predicted molar refractivity (Wildman–Crippen MR) is 209 cm³/mol. The summed E-state index contributed by atoms with van der Waals surface area (Å²) in [5, 5.41) is 9.97. The van der Waals surface area contributed by atoms with Crippen LogP contribution in [0.3, 0.4) is 0 Å². The van der Waals surface area contributed by atoms with Gasteiger partial charge in [0, 0.05) is 60.7 Å². The van der Waals surface area contributed by atoms with Crippen molar-refractivity contribution < 1.29 is 8.83 Å². The van der Waals surface area contributed by atoms with E-state index in [4.69, 9.17) is 13.8 Å². The molecular formula is C45H26N2O2S. The van der Waals surface area contributed by atoms with E-state index in [1.165, 1.54) is 10.1 Å². The fourth-order valence-corrected chi connectivity index (χ4v) is 8.64. The minimum atomic E-state index is 0.855. The summed E-state index contributed by atoms with van der Waals surface area (Å²) in [4.78, 5) is 7.37. The van der Waals surface area contributed by atoms with E-state index in [2.05, 4.69) is 132 Å². The number of para-hydroxylation sites is 2. The van der Waals surface area contributed by atoms with Gasteiger partial charge < -0.3 is 13.7 Å². The number of rotatable bonds is 4. The maximum Gasteiger partial charge on any atom is 0.143 e. The molecule has 3 heterocycles. The van der Waals surface area contributed by atoms with Gasteiger partial charge in [-0.15, -0.1) is 11.3 Å². The molecule has 4 nitrogen and oxygen atoms in total. The highest BCUT2D eigenvalue weighted by atomic mass is 32.1. The molecule has 0 aliphatic carbocycles. The lowest BCUT2D eigenvalue weighted by atomic mass is 10.0. The molecule has 0 radical (unpaired) electrons. The molecule has 50 heavy (non-hydrogen) atoms. The van der Waals surface area contributed by atoms with Crippen LogP contribution in [0.4, 0.5) is 17.1 Å². The third-order valence-electron chi connectivity index (χ3n) is 9.86. The van der Waals surface area contributed by atoms with E-state index >= 15 is 0 Å². The maximum atomic E-state index is 6.50. The molecule has 0 bridgehead atoms. The third kappa shape index (κ3) is 4.08. The first-order valence-corrected chi connectivity index (χ1v) is 17.5. The van der Waals surface area contributed by atoms with E-state index in [1.54, 1.807) is 11.3 Å². The van der Waals surface area contributed by atoms with Crippen LogP contribution in [0.5, 0.6) is 0 Å². The number of thiazole rings is 1. The number of anilines is 3. The minimum Gasteiger partial charge on any atom is -0.456 e. The molecule has 3 aromatic heterocycles. The zero-order valence-corrected chi connectivity index (χ0v) is 27.4. The Morgan fingerprint density at radius 2 is 1.10 bits per heavy atom. The molecule has 0 aliphatic heterocycles. The number of benzene rings is 8. The Kier molecular flexibility index (Phi) is 5.80. The molecule has 5 heteroatoms. The second kappa shape index (κ2) is 10.5. The van der Waals surface area contributed by atoms with Gasteiger partial charge in [0.15, 0.2) is 0 Å². The van der Waals surface area contributed by atoms with Gasteiger partial charge >= 0.3 is 0 Å². The molecule has 11 rings (SSSR count). The maximum absolute atomic E-state index is 6.50. The normalized spacial score (nSPS) is 12.0. The zero-order valence-electron chi connectivity index (χ0n) is 26.6. The molecule has 0 atom stereocenters. The Morgan fingerprint density at radius 1 is 0.460 bits per heavy atom. The summed E-state index contributed by atoms with van der Waals surface area (Å²) >= 11 is 1.75. The third-order valence-corrected chi connectivity index (χ3v) is 11.0. The summed E-state index contributed by atoms with van der Waals surface area (Å²) in [5.41, 5.74) is 8.82. The van der Waals surface area contributed by atoms with E-state index in [0.29, 0.717) is 0 Å². The Morgan fingerprint density at radius 3 is 1.92 bits per heavy atom. The average molecular weight is 659 g/mol. The Bertz CT molecular complexity index is 3120. The van der Waals surface area contributed by atoms with Crippen LogP contribution in [0.1, 0.15) is 0 Å². The van der Waals surface area contributed by atoms with Crippen LogP contribution in [-0.2, 0) is 0 Å². The van der Waals surface area contributed by atoms with E-state index in [0.717, 1.165) is 93.2 Å². The fourth-order valence-electron chi connectivity index (χ4n) is 7.54. The molecular weight excluding hydrogens is 633 g/mol. The largest absolute Gasteiger partial charge is 0.456 e. The topological polar surface area (TPSA) is 42.4 Å². The Labute approximate surface area is 290 Å². The van der Waals surface area contributed by atoms with Crippen molar-refractivity contribution in [3.63, 3.8) is 0 Å². The van der Waals surface area contributed by atoms with Crippen molar-refractivity contribution in [1.82, 2.24) is 4.98 Å². The van der Waals surface area contributed by atoms with Crippen LogP contribution in [0.25, 0.3) is 86.2 Å². The summed E-state index contributed by atoms with van der Waals surface area (Å²) in [6.07, 6.45) is 0. The molecule has 0 aliphatic rings. The van der Waals surface area contributed by atoms with E-state index < -0.39 is 0 Å². The summed E-state index contributed by atoms with van der Waals surface area (Å²) in [6, 6.07) is 55.5. The summed E-state index contributed by atoms with van der Waals surface area (Å²) in [7, 11) is 0. The summed E-state index contributed by atoms with van der Waals surface area (Å²) in [6.45, 7) is 0. The second-order valence-corrected chi connectivity index (χ2v) is 13.7. The first-order chi connectivity index (χ1) is 24.8. The van der Waals surface area contributed by atoms with Crippen LogP contribution >= 0.6 is 11.3 Å². The van der Waals surface area contributed by atoms with Crippen molar-refractivity contribution in [3.05, 3.63) is 158 Å². The molecule has 0 spiro atoms. The van der Waals surface area contributed by atoms with E-state index in [9.17, 15) is 0 Å². The van der Waals surface area contributed by atoms with E-state index in [-0.39, 0.29) is 0 Å². The quantitative estimate of drug-likeness (QED) is 0.189. The highest BCUT2D eigenvalue weighted by Gasteiger charge is 2.22. The van der Waals surface area contributed by atoms with Crippen molar-refractivity contribution in [2.24, 2.45) is 0 Å². The number of hydrogen-bond acceptors (Lipinski definition) is 5. The molecule has 8 aromatic carbocycles. The molecule has 0 saturated heterocycles. The van der Waals surface area contributed by atoms with Crippen LogP contribution in [-0.4, -0.2) is 4.98 Å². The van der Waals surface area contributed by atoms with Crippen molar-refractivity contribution in [3.8, 4) is 10.6 Å². The highest BCUT2D eigenvalue weighted by Crippen LogP contribution is 2.46. The average Bonchev–Trinajstić information content (AvgIpc) is 3.89. The van der Waals surface area contributed by atoms with Crippen LogP contribution in [0.15, 0.2) is 167 Å². The van der Waals surface area contributed by atoms with Gasteiger partial charge in [0.2, 0.25) is 0 Å². The fraction of sp³-hybridized carbons (Fsp3) is 0. The molecule has 0 unspecified atom stereocenters. The van der Waals surface area contributed by atoms with Gasteiger partial charge in [-0.1, -0.05) is 103 Å². The first kappa shape index (κ1) is 27.5. The van der Waals surface area contributed by atoms with Gasteiger partial charge in [-0.25, -0.2) is 4.98 Å². The lowest BCUT2D eigenvalue weighted by Crippen LogP contribution is -2.10. The van der Waals surface area contributed by atoms with Gasteiger partial charge in [-0.3, -0.25) is 0 Å². The van der Waals surface area contributed by atoms with Gasteiger partial charge in [0.05, 0.1) is 15.9 Å². The lowest BCUT2D eigenvalue weighted by molar-refractivity contribution is 0.669. The lowest BCUT2D eigenvalue weighted by Gasteiger charge is -2.27. The minimum absolute atomic E-state index is 0.855. The number of fused-ring (bicyclic) bond motifs is 11. The van der Waals surface area contributed by atoms with Crippen molar-refractivity contribution in [1.29, 1.82) is 0 Å². The SMILES string of the molecule is c1ccc(-c2nc3ccc4cc(N(c5ccc6c(c5)oc5ccccc56)c5cc6c7ccccc7oc6c6ccccc56)ccc4c3s2)cc1. The number of nitrogens with zero attached hydrogens (tertiary/aromatic N) is 2. The molecule has 234 valence electrons. The summed E-state index contributed by atoms with van der Waals surface area (Å²) < 4.78 is 14.1. The molecule has 0 fully saturated rings. The standard InChI is InChI=1S/C45H26N2O2S/c1-2-10-27(11-3-1)45-46-38-23-18-28-24-29(19-21-31(28)44(38)50-45)47(30-20-22-35-33-13-6-8-16-40(33)48-42(35)25-30)39-26-37-34-14-7-9-17-41(34)49-43(37)36-15-5-4-12-32(36)39/h1-26H. The van der Waals surface area contributed by atoms with Crippen LogP contribution < -0.4 is 4.90 Å². The van der Waals surface area contributed by atoms with Crippen molar-refractivity contribution in [2.75, 3.05) is 4.90 Å². The number of hydrogen-bond donors (Lipinski definition) is 0. The second-order valence-electron chi connectivity index (χ2n) is 12.7. The Hall–Kier alpha value is -6.43. The molecule has 11 aromatic rings. The first-order valence-electron chi connectivity index (χ1n) is 16.7. The molecule has 0 amide bonds. The zero-order chi connectivity index (χ0) is 32.8. The molecule has 0 saturated carbocycles. The Balaban J connectivity index is 1.18. The van der Waals surface area contributed by atoms with Crippen LogP contribution in [0, 0.1) is 0 Å². The van der Waals surface area contributed by atoms with Crippen LogP contribution in [0.2, 0.25) is 0 Å². The van der Waals surface area contributed by atoms with Crippen molar-refractivity contribution in [2.45, 2.75) is 0 Å². The number of furan rings is 2.